The number of benzene rings is 2. The van der Waals surface area contributed by atoms with E-state index in [0.717, 1.165) is 11.5 Å². The lowest BCUT2D eigenvalue weighted by atomic mass is 10.1. The lowest BCUT2D eigenvalue weighted by Gasteiger charge is -2.10. The third-order valence-electron chi connectivity index (χ3n) is 3.60. The number of hydrogen-bond donors (Lipinski definition) is 0. The minimum atomic E-state index is 0.443. The van der Waals surface area contributed by atoms with E-state index in [4.69, 9.17) is 11.6 Å². The second kappa shape index (κ2) is 4.07. The largest absolute Gasteiger partial charge is 0.269 e. The number of nitrogens with zero attached hydrogens (tertiary/aromatic N) is 3. The van der Waals surface area contributed by atoms with Gasteiger partial charge in [0.15, 0.2) is 0 Å². The van der Waals surface area contributed by atoms with Crippen LogP contribution < -0.4 is 0 Å². The first-order valence-electron chi connectivity index (χ1n) is 6.43. The maximum absolute atomic E-state index is 6.24. The number of fused-ring (bicyclic) bond motifs is 1. The molecule has 1 aliphatic carbocycles. The summed E-state index contributed by atoms with van der Waals surface area (Å²) in [7, 11) is 0. The SMILES string of the molecule is Clc1nnc(C2CC2)n1-c1cccc2ccccc12. The van der Waals surface area contributed by atoms with Gasteiger partial charge in [0, 0.05) is 11.3 Å². The summed E-state index contributed by atoms with van der Waals surface area (Å²) in [6.45, 7) is 0. The lowest BCUT2D eigenvalue weighted by molar-refractivity contribution is 0.875. The van der Waals surface area contributed by atoms with Crippen LogP contribution in [0.15, 0.2) is 42.5 Å². The molecule has 0 spiro atoms. The smallest absolute Gasteiger partial charge is 0.229 e. The van der Waals surface area contributed by atoms with Crippen molar-refractivity contribution in [3.05, 3.63) is 53.6 Å². The number of halogens is 1. The van der Waals surface area contributed by atoms with Crippen LogP contribution in [0.25, 0.3) is 16.5 Å². The van der Waals surface area contributed by atoms with E-state index < -0.39 is 0 Å². The van der Waals surface area contributed by atoms with Gasteiger partial charge in [-0.3, -0.25) is 4.57 Å². The van der Waals surface area contributed by atoms with E-state index in [0.29, 0.717) is 11.2 Å². The molecule has 19 heavy (non-hydrogen) atoms. The average molecular weight is 270 g/mol. The Morgan fingerprint density at radius 3 is 2.63 bits per heavy atom. The highest BCUT2D eigenvalue weighted by molar-refractivity contribution is 6.28. The highest BCUT2D eigenvalue weighted by Gasteiger charge is 2.30. The Kier molecular flexibility index (Phi) is 2.35. The molecular formula is C15H12ClN3. The molecule has 3 aromatic rings. The molecule has 0 atom stereocenters. The van der Waals surface area contributed by atoms with Crippen molar-refractivity contribution in [2.75, 3.05) is 0 Å². The van der Waals surface area contributed by atoms with Gasteiger partial charge in [-0.25, -0.2) is 0 Å². The number of aromatic nitrogens is 3. The zero-order valence-electron chi connectivity index (χ0n) is 10.3. The first-order valence-corrected chi connectivity index (χ1v) is 6.81. The van der Waals surface area contributed by atoms with Crippen molar-refractivity contribution in [2.45, 2.75) is 18.8 Å². The summed E-state index contributed by atoms with van der Waals surface area (Å²) >= 11 is 6.24. The van der Waals surface area contributed by atoms with Gasteiger partial charge in [0.05, 0.1) is 5.69 Å². The molecule has 4 heteroatoms. The molecule has 1 aromatic heterocycles. The van der Waals surface area contributed by atoms with Crippen molar-refractivity contribution < 1.29 is 0 Å². The molecular weight excluding hydrogens is 258 g/mol. The van der Waals surface area contributed by atoms with E-state index in [1.165, 1.54) is 23.6 Å². The topological polar surface area (TPSA) is 30.7 Å². The number of rotatable bonds is 2. The molecule has 4 rings (SSSR count). The maximum Gasteiger partial charge on any atom is 0.229 e. The van der Waals surface area contributed by atoms with Gasteiger partial charge >= 0.3 is 0 Å². The van der Waals surface area contributed by atoms with Crippen molar-refractivity contribution in [3.8, 4) is 5.69 Å². The normalized spacial score (nSPS) is 15.0. The standard InChI is InChI=1S/C15H12ClN3/c16-15-18-17-14(11-8-9-11)19(15)13-7-3-5-10-4-1-2-6-12(10)13/h1-7,11H,8-9H2. The Balaban J connectivity index is 2.02. The minimum absolute atomic E-state index is 0.443. The second-order valence-electron chi connectivity index (χ2n) is 4.94. The first-order chi connectivity index (χ1) is 9.34. The van der Waals surface area contributed by atoms with Gasteiger partial charge in [-0.15, -0.1) is 10.2 Å². The van der Waals surface area contributed by atoms with Gasteiger partial charge in [-0.05, 0) is 35.9 Å². The molecule has 0 radical (unpaired) electrons. The molecule has 0 amide bonds. The molecule has 2 aromatic carbocycles. The predicted octanol–water partition coefficient (Wildman–Crippen LogP) is 3.95. The minimum Gasteiger partial charge on any atom is -0.269 e. The van der Waals surface area contributed by atoms with E-state index in [1.807, 2.05) is 22.8 Å². The number of hydrogen-bond acceptors (Lipinski definition) is 2. The van der Waals surface area contributed by atoms with Crippen LogP contribution >= 0.6 is 11.6 Å². The maximum atomic E-state index is 6.24. The fraction of sp³-hybridized carbons (Fsp3) is 0.200. The molecule has 0 bridgehead atoms. The van der Waals surface area contributed by atoms with Crippen molar-refractivity contribution >= 4 is 22.4 Å². The zero-order chi connectivity index (χ0) is 12.8. The van der Waals surface area contributed by atoms with Crippen LogP contribution in [0, 0.1) is 0 Å². The molecule has 1 saturated carbocycles. The third kappa shape index (κ3) is 1.73. The molecule has 0 aliphatic heterocycles. The van der Waals surface area contributed by atoms with Crippen LogP contribution in [-0.4, -0.2) is 14.8 Å². The van der Waals surface area contributed by atoms with Crippen LogP contribution in [-0.2, 0) is 0 Å². The lowest BCUT2D eigenvalue weighted by Crippen LogP contribution is -2.01. The van der Waals surface area contributed by atoms with E-state index in [9.17, 15) is 0 Å². The average Bonchev–Trinajstić information content (AvgIpc) is 3.22. The quantitative estimate of drug-likeness (QED) is 0.705. The second-order valence-corrected chi connectivity index (χ2v) is 5.27. The molecule has 3 nitrogen and oxygen atoms in total. The van der Waals surface area contributed by atoms with Gasteiger partial charge in [0.25, 0.3) is 0 Å². The van der Waals surface area contributed by atoms with Crippen LogP contribution in [0.2, 0.25) is 5.28 Å². The Morgan fingerprint density at radius 1 is 1.00 bits per heavy atom. The van der Waals surface area contributed by atoms with Crippen LogP contribution in [0.5, 0.6) is 0 Å². The molecule has 0 unspecified atom stereocenters. The summed E-state index contributed by atoms with van der Waals surface area (Å²) in [4.78, 5) is 0. The summed E-state index contributed by atoms with van der Waals surface area (Å²) < 4.78 is 1.99. The zero-order valence-corrected chi connectivity index (χ0v) is 11.0. The molecule has 94 valence electrons. The Labute approximate surface area is 115 Å². The van der Waals surface area contributed by atoms with Crippen molar-refractivity contribution in [1.29, 1.82) is 0 Å². The Morgan fingerprint density at radius 2 is 1.79 bits per heavy atom. The molecule has 1 aliphatic rings. The van der Waals surface area contributed by atoms with Crippen LogP contribution in [0.3, 0.4) is 0 Å². The van der Waals surface area contributed by atoms with Gasteiger partial charge in [-0.2, -0.15) is 0 Å². The van der Waals surface area contributed by atoms with Crippen molar-refractivity contribution in [1.82, 2.24) is 14.8 Å². The highest BCUT2D eigenvalue weighted by Crippen LogP contribution is 2.41. The van der Waals surface area contributed by atoms with Gasteiger partial charge in [-0.1, -0.05) is 36.4 Å². The summed E-state index contributed by atoms with van der Waals surface area (Å²) in [6, 6.07) is 14.5. The van der Waals surface area contributed by atoms with Crippen LogP contribution in [0.4, 0.5) is 0 Å². The third-order valence-corrected chi connectivity index (χ3v) is 3.84. The van der Waals surface area contributed by atoms with Gasteiger partial charge in [0.2, 0.25) is 5.28 Å². The molecule has 0 saturated heterocycles. The monoisotopic (exact) mass is 269 g/mol. The fourth-order valence-corrected chi connectivity index (χ4v) is 2.72. The highest BCUT2D eigenvalue weighted by atomic mass is 35.5. The first kappa shape index (κ1) is 11.0. The summed E-state index contributed by atoms with van der Waals surface area (Å²) in [5, 5.41) is 11.1. The van der Waals surface area contributed by atoms with Gasteiger partial charge in [0.1, 0.15) is 5.82 Å². The van der Waals surface area contributed by atoms with Crippen molar-refractivity contribution in [2.24, 2.45) is 0 Å². The Hall–Kier alpha value is -1.87. The van der Waals surface area contributed by atoms with E-state index in [2.05, 4.69) is 34.5 Å². The van der Waals surface area contributed by atoms with Gasteiger partial charge < -0.3 is 0 Å². The van der Waals surface area contributed by atoms with Crippen LogP contribution in [0.1, 0.15) is 24.6 Å². The molecule has 1 fully saturated rings. The summed E-state index contributed by atoms with van der Waals surface area (Å²) in [6.07, 6.45) is 2.36. The molecule has 1 heterocycles. The van der Waals surface area contributed by atoms with E-state index in [-0.39, 0.29) is 0 Å². The predicted molar refractivity (Wildman–Crippen MR) is 75.9 cm³/mol. The fourth-order valence-electron chi connectivity index (χ4n) is 2.51. The summed E-state index contributed by atoms with van der Waals surface area (Å²) in [5.41, 5.74) is 1.06. The molecule has 0 N–H and O–H groups in total. The summed E-state index contributed by atoms with van der Waals surface area (Å²) in [5.74, 6) is 1.50. The Bertz CT molecular complexity index is 754. The van der Waals surface area contributed by atoms with Crippen molar-refractivity contribution in [3.63, 3.8) is 0 Å². The van der Waals surface area contributed by atoms with E-state index >= 15 is 0 Å². The van der Waals surface area contributed by atoms with E-state index in [1.54, 1.807) is 0 Å².